The zero-order valence-corrected chi connectivity index (χ0v) is 11.7. The second kappa shape index (κ2) is 5.81. The number of allylic oxidation sites excluding steroid dienone is 1. The number of carbonyl (C=O) groups excluding carboxylic acids is 1. The minimum atomic E-state index is -0.577. The van der Waals surface area contributed by atoms with Crippen molar-refractivity contribution in [2.24, 2.45) is 5.84 Å². The molecule has 0 aliphatic carbocycles. The van der Waals surface area contributed by atoms with E-state index in [1.165, 1.54) is 31.0 Å². The molecule has 4 nitrogen and oxygen atoms in total. The Balaban J connectivity index is 2.17. The maximum Gasteiger partial charge on any atom is 0.278 e. The van der Waals surface area contributed by atoms with E-state index in [2.05, 4.69) is 0 Å². The highest BCUT2D eigenvalue weighted by molar-refractivity contribution is 8.05. The summed E-state index contributed by atoms with van der Waals surface area (Å²) in [6.45, 7) is 0. The van der Waals surface area contributed by atoms with Crippen LogP contribution in [0.3, 0.4) is 0 Å². The second-order valence-corrected chi connectivity index (χ2v) is 5.86. The first-order valence-electron chi connectivity index (χ1n) is 5.46. The molecule has 1 aliphatic heterocycles. The van der Waals surface area contributed by atoms with Gasteiger partial charge in [0.15, 0.2) is 11.6 Å². The molecule has 7 heteroatoms. The van der Waals surface area contributed by atoms with Crippen LogP contribution in [0.25, 0.3) is 0 Å². The van der Waals surface area contributed by atoms with Crippen LogP contribution in [0.4, 0.5) is 10.1 Å². The average molecular weight is 303 g/mol. The van der Waals surface area contributed by atoms with E-state index in [0.29, 0.717) is 11.3 Å². The predicted molar refractivity (Wildman–Crippen MR) is 74.6 cm³/mol. The first-order valence-corrected chi connectivity index (χ1v) is 6.78. The summed E-state index contributed by atoms with van der Waals surface area (Å²) in [5.41, 5.74) is 0.253. The van der Waals surface area contributed by atoms with Crippen molar-refractivity contribution in [1.29, 1.82) is 0 Å². The van der Waals surface area contributed by atoms with Gasteiger partial charge in [0.05, 0.1) is 22.4 Å². The number of rotatable bonds is 3. The van der Waals surface area contributed by atoms with Gasteiger partial charge in [-0.3, -0.25) is 4.79 Å². The lowest BCUT2D eigenvalue weighted by molar-refractivity contribution is -0.114. The molecule has 2 rings (SSSR count). The fraction of sp³-hybridized carbons (Fsp3) is 0.250. The monoisotopic (exact) mass is 302 g/mol. The van der Waals surface area contributed by atoms with Crippen LogP contribution in [0.1, 0.15) is 6.42 Å². The van der Waals surface area contributed by atoms with Gasteiger partial charge in [-0.25, -0.2) is 15.2 Å². The Morgan fingerprint density at radius 3 is 2.89 bits per heavy atom. The van der Waals surface area contributed by atoms with Gasteiger partial charge in [0.25, 0.3) is 5.91 Å². The molecule has 0 fully saturated rings. The zero-order chi connectivity index (χ0) is 14.0. The number of alkyl halides is 1. The minimum absolute atomic E-state index is 0.0971. The number of hydrogen-bond acceptors (Lipinski definition) is 4. The van der Waals surface area contributed by atoms with Gasteiger partial charge < -0.3 is 4.74 Å². The summed E-state index contributed by atoms with van der Waals surface area (Å²) in [5, 5.41) is 0.899. The molecule has 2 N–H and O–H groups in total. The number of halogens is 2. The topological polar surface area (TPSA) is 55.6 Å². The van der Waals surface area contributed by atoms with E-state index in [-0.39, 0.29) is 16.1 Å². The van der Waals surface area contributed by atoms with Gasteiger partial charge in [0.1, 0.15) is 0 Å². The Labute approximate surface area is 119 Å². The molecule has 19 heavy (non-hydrogen) atoms. The van der Waals surface area contributed by atoms with E-state index >= 15 is 0 Å². The highest BCUT2D eigenvalue weighted by Gasteiger charge is 2.25. The number of carbonyl (C=O) groups is 1. The average Bonchev–Trinajstić information content (AvgIpc) is 2.83. The molecular weight excluding hydrogens is 291 g/mol. The van der Waals surface area contributed by atoms with Crippen LogP contribution >= 0.6 is 23.4 Å². The first-order chi connectivity index (χ1) is 9.02. The molecule has 1 aromatic rings. The Morgan fingerprint density at radius 1 is 1.63 bits per heavy atom. The molecule has 0 spiro atoms. The number of hydrogen-bond donors (Lipinski definition) is 1. The number of benzene rings is 1. The molecular formula is C12H12ClFN2O2S. The minimum Gasteiger partial charge on any atom is -0.494 e. The van der Waals surface area contributed by atoms with Crippen molar-refractivity contribution in [1.82, 2.24) is 0 Å². The number of methoxy groups -OCH3 is 1. The quantitative estimate of drug-likeness (QED) is 0.404. The zero-order valence-electron chi connectivity index (χ0n) is 10.1. The van der Waals surface area contributed by atoms with E-state index in [1.807, 2.05) is 0 Å². The van der Waals surface area contributed by atoms with Crippen molar-refractivity contribution < 1.29 is 13.9 Å². The summed E-state index contributed by atoms with van der Waals surface area (Å²) in [4.78, 5) is 12.5. The van der Waals surface area contributed by atoms with E-state index in [0.717, 1.165) is 11.1 Å². The number of nitrogens with two attached hydrogens (primary N) is 1. The Kier molecular flexibility index (Phi) is 4.34. The van der Waals surface area contributed by atoms with Crippen LogP contribution in [0.15, 0.2) is 29.2 Å². The predicted octanol–water partition coefficient (Wildman–Crippen LogP) is 2.63. The van der Waals surface area contributed by atoms with Crippen LogP contribution in [-0.4, -0.2) is 17.7 Å². The van der Waals surface area contributed by atoms with E-state index in [1.54, 1.807) is 6.08 Å². The van der Waals surface area contributed by atoms with E-state index in [4.69, 9.17) is 22.2 Å². The van der Waals surface area contributed by atoms with Gasteiger partial charge in [0.2, 0.25) is 0 Å². The molecule has 102 valence electrons. The van der Waals surface area contributed by atoms with Gasteiger partial charge in [0, 0.05) is 6.07 Å². The Hall–Kier alpha value is -1.24. The molecule has 1 aliphatic rings. The second-order valence-electron chi connectivity index (χ2n) is 3.83. The highest BCUT2D eigenvalue weighted by atomic mass is 35.5. The van der Waals surface area contributed by atoms with Gasteiger partial charge in [-0.05, 0) is 18.6 Å². The summed E-state index contributed by atoms with van der Waals surface area (Å²) in [6, 6.07) is 4.07. The number of amides is 1. The number of hydrazine groups is 1. The molecule has 0 bridgehead atoms. The van der Waals surface area contributed by atoms with E-state index < -0.39 is 11.7 Å². The van der Waals surface area contributed by atoms with Crippen molar-refractivity contribution >= 4 is 35.0 Å². The van der Waals surface area contributed by atoms with Crippen LogP contribution in [0.2, 0.25) is 0 Å². The SMILES string of the molecule is COc1ccc(N(N)C(=O)C2=CCC(Cl)S2)cc1F. The Morgan fingerprint density at radius 2 is 2.37 bits per heavy atom. The van der Waals surface area contributed by atoms with Crippen LogP contribution in [0, 0.1) is 5.82 Å². The molecule has 0 saturated carbocycles. The van der Waals surface area contributed by atoms with Crippen LogP contribution in [-0.2, 0) is 4.79 Å². The number of anilines is 1. The maximum absolute atomic E-state index is 13.6. The summed E-state index contributed by atoms with van der Waals surface area (Å²) in [6.07, 6.45) is 2.34. The van der Waals surface area contributed by atoms with E-state index in [9.17, 15) is 9.18 Å². The third-order valence-corrected chi connectivity index (χ3v) is 4.08. The molecule has 1 atom stereocenters. The lowest BCUT2D eigenvalue weighted by atomic mass is 10.2. The number of nitrogens with zero attached hydrogens (tertiary/aromatic N) is 1. The number of thioether (sulfide) groups is 1. The lowest BCUT2D eigenvalue weighted by Gasteiger charge is -2.17. The normalized spacial score (nSPS) is 18.1. The van der Waals surface area contributed by atoms with Crippen molar-refractivity contribution in [3.05, 3.63) is 35.0 Å². The largest absolute Gasteiger partial charge is 0.494 e. The molecule has 1 aromatic carbocycles. The molecule has 1 unspecified atom stereocenters. The highest BCUT2D eigenvalue weighted by Crippen LogP contribution is 2.36. The molecule has 0 aromatic heterocycles. The standard InChI is InChI=1S/C12H12ClFN2O2S/c1-18-9-3-2-7(6-8(9)14)16(15)12(17)10-4-5-11(13)19-10/h2-4,6,11H,5,15H2,1H3. The summed E-state index contributed by atoms with van der Waals surface area (Å²) in [5.74, 6) is 4.82. The molecule has 1 amide bonds. The third-order valence-electron chi connectivity index (χ3n) is 2.59. The van der Waals surface area contributed by atoms with Crippen LogP contribution in [0.5, 0.6) is 5.75 Å². The molecule has 0 saturated heterocycles. The van der Waals surface area contributed by atoms with Crippen molar-refractivity contribution in [3.63, 3.8) is 0 Å². The van der Waals surface area contributed by atoms with Crippen LogP contribution < -0.4 is 15.6 Å². The first kappa shape index (κ1) is 14.2. The summed E-state index contributed by atoms with van der Waals surface area (Å²) < 4.78 is 18.2. The fourth-order valence-corrected chi connectivity index (χ4v) is 2.85. The Bertz CT molecular complexity index is 538. The molecule has 0 radical (unpaired) electrons. The van der Waals surface area contributed by atoms with Crippen molar-refractivity contribution in [2.75, 3.05) is 12.1 Å². The summed E-state index contributed by atoms with van der Waals surface area (Å²) in [7, 11) is 1.37. The smallest absolute Gasteiger partial charge is 0.278 e. The molecule has 1 heterocycles. The van der Waals surface area contributed by atoms with Gasteiger partial charge in [-0.2, -0.15) is 0 Å². The third kappa shape index (κ3) is 3.02. The van der Waals surface area contributed by atoms with Crippen molar-refractivity contribution in [3.8, 4) is 5.75 Å². The van der Waals surface area contributed by atoms with Gasteiger partial charge in [-0.15, -0.1) is 23.4 Å². The maximum atomic E-state index is 13.6. The summed E-state index contributed by atoms with van der Waals surface area (Å²) >= 11 is 7.13. The lowest BCUT2D eigenvalue weighted by Crippen LogP contribution is -2.37. The van der Waals surface area contributed by atoms with Crippen molar-refractivity contribution in [2.45, 2.75) is 11.1 Å². The van der Waals surface area contributed by atoms with Gasteiger partial charge >= 0.3 is 0 Å². The number of ether oxygens (including phenoxy) is 1. The van der Waals surface area contributed by atoms with Gasteiger partial charge in [-0.1, -0.05) is 6.08 Å². The fourth-order valence-electron chi connectivity index (χ4n) is 1.61.